The van der Waals surface area contributed by atoms with E-state index in [1.165, 1.54) is 24.3 Å². The lowest BCUT2D eigenvalue weighted by molar-refractivity contribution is 0.0981. The Morgan fingerprint density at radius 3 is 1.96 bits per heavy atom. The average molecular weight is 733 g/mol. The zero-order valence-corrected chi connectivity index (χ0v) is 30.4. The van der Waals surface area contributed by atoms with Gasteiger partial charge in [-0.2, -0.15) is 0 Å². The molecule has 0 atom stereocenters. The normalized spacial score (nSPS) is 14.6. The van der Waals surface area contributed by atoms with Crippen LogP contribution in [0.1, 0.15) is 48.2 Å². The van der Waals surface area contributed by atoms with Crippen LogP contribution in [-0.4, -0.2) is 53.0 Å². The Labute approximate surface area is 298 Å². The number of hydrogen-bond donors (Lipinski definition) is 1. The van der Waals surface area contributed by atoms with Crippen molar-refractivity contribution in [2.24, 2.45) is 9.93 Å². The third-order valence-corrected chi connectivity index (χ3v) is 12.2. The average Bonchev–Trinajstić information content (AvgIpc) is 3.09. The highest BCUT2D eigenvalue weighted by molar-refractivity contribution is 7.99. The van der Waals surface area contributed by atoms with E-state index in [4.69, 9.17) is 5.53 Å². The first-order valence-corrected chi connectivity index (χ1v) is 20.1. The summed E-state index contributed by atoms with van der Waals surface area (Å²) in [6.45, 7) is 8.07. The summed E-state index contributed by atoms with van der Waals surface area (Å²) in [4.78, 5) is 20.8. The van der Waals surface area contributed by atoms with Gasteiger partial charge in [0.25, 0.3) is 26.0 Å². The Balaban J connectivity index is 1.23. The second-order valence-electron chi connectivity index (χ2n) is 12.9. The summed E-state index contributed by atoms with van der Waals surface area (Å²) in [5.41, 5.74) is 11.9. The first kappa shape index (κ1) is 36.9. The number of thioether (sulfide) groups is 1. The highest BCUT2D eigenvalue weighted by atomic mass is 32.2. The van der Waals surface area contributed by atoms with Gasteiger partial charge >= 0.3 is 0 Å². The minimum absolute atomic E-state index is 0.0230. The second kappa shape index (κ2) is 16.1. The zero-order valence-electron chi connectivity index (χ0n) is 28.0. The summed E-state index contributed by atoms with van der Waals surface area (Å²) < 4.78 is 55.6. The van der Waals surface area contributed by atoms with Gasteiger partial charge in [-0.05, 0) is 95.6 Å². The molecule has 14 heteroatoms. The first-order chi connectivity index (χ1) is 23.8. The van der Waals surface area contributed by atoms with Gasteiger partial charge in [0.1, 0.15) is 0 Å². The summed E-state index contributed by atoms with van der Waals surface area (Å²) >= 11 is 1.71. The number of amides is 1. The van der Waals surface area contributed by atoms with E-state index in [-0.39, 0.29) is 15.4 Å². The molecule has 1 N–H and O–H groups in total. The molecule has 0 unspecified atom stereocenters. The molecule has 1 aliphatic rings. The molecule has 4 aromatic rings. The van der Waals surface area contributed by atoms with Crippen LogP contribution in [0.15, 0.2) is 122 Å². The van der Waals surface area contributed by atoms with Gasteiger partial charge in [0, 0.05) is 64.1 Å². The van der Waals surface area contributed by atoms with Crippen LogP contribution in [0.25, 0.3) is 10.4 Å². The number of carbonyl (C=O) groups excluding carboxylic acids is 1. The molecule has 4 aromatic carbocycles. The number of anilines is 1. The molecular weight excluding hydrogens is 693 g/mol. The van der Waals surface area contributed by atoms with Crippen LogP contribution in [0.2, 0.25) is 0 Å². The molecule has 1 saturated heterocycles. The van der Waals surface area contributed by atoms with Gasteiger partial charge in [0.15, 0.2) is 0 Å². The van der Waals surface area contributed by atoms with E-state index in [1.807, 2.05) is 42.5 Å². The van der Waals surface area contributed by atoms with Crippen LogP contribution in [0, 0.1) is 5.41 Å². The van der Waals surface area contributed by atoms with Crippen LogP contribution in [0.5, 0.6) is 0 Å². The standard InChI is InChI=1S/C36H40N6O5S3/c1-36(2)20-22-42(23-21-36)31-14-12-30(13-15-31)35(43)38-49(44,45)33-16-8-28(9-17-33)26-41(24-25-48-32-6-4-3-5-7-32)27-29-10-18-34(19-11-29)50(46,47)40-39-37/h3-19H,20-27H2,1-2H3,(H,38,43). The number of nitrogens with one attached hydrogen (secondary N) is 1. The van der Waals surface area contributed by atoms with Crippen LogP contribution in [0.3, 0.4) is 0 Å². The van der Waals surface area contributed by atoms with Crippen LogP contribution in [0.4, 0.5) is 5.69 Å². The molecule has 262 valence electrons. The molecular formula is C36H40N6O5S3. The number of azide groups is 1. The Kier molecular flexibility index (Phi) is 11.9. The number of hydrogen-bond acceptors (Lipinski definition) is 8. The van der Waals surface area contributed by atoms with Crippen LogP contribution in [-0.2, 0) is 33.1 Å². The van der Waals surface area contributed by atoms with Gasteiger partial charge in [0.2, 0.25) is 0 Å². The maximum Gasteiger partial charge on any atom is 0.264 e. The number of piperidine rings is 1. The van der Waals surface area contributed by atoms with Crippen molar-refractivity contribution in [2.75, 3.05) is 30.3 Å². The quantitative estimate of drug-likeness (QED) is 0.0617. The predicted molar refractivity (Wildman–Crippen MR) is 197 cm³/mol. The molecule has 11 nitrogen and oxygen atoms in total. The fourth-order valence-electron chi connectivity index (χ4n) is 5.61. The van der Waals surface area contributed by atoms with Crippen molar-refractivity contribution >= 4 is 43.4 Å². The lowest BCUT2D eigenvalue weighted by atomic mass is 9.82. The molecule has 5 rings (SSSR count). The molecule has 0 aromatic heterocycles. The SMILES string of the molecule is CC1(C)CCN(c2ccc(C(=O)NS(=O)(=O)c3ccc(CN(CCSc4ccccc4)Cc4ccc(S(=O)(=O)N=[N+]=[N-])cc4)cc3)cc2)CC1. The van der Waals surface area contributed by atoms with Gasteiger partial charge in [-0.25, -0.2) is 21.6 Å². The third-order valence-electron chi connectivity index (χ3n) is 8.67. The number of sulfonamides is 2. The fraction of sp³-hybridized carbons (Fsp3) is 0.306. The molecule has 0 spiro atoms. The molecule has 0 bridgehead atoms. The van der Waals surface area contributed by atoms with Gasteiger partial charge in [0.05, 0.1) is 9.79 Å². The van der Waals surface area contributed by atoms with E-state index in [9.17, 15) is 21.6 Å². The number of rotatable bonds is 14. The van der Waals surface area contributed by atoms with Crippen molar-refractivity contribution in [1.29, 1.82) is 0 Å². The molecule has 1 fully saturated rings. The lowest BCUT2D eigenvalue weighted by Crippen LogP contribution is -2.37. The summed E-state index contributed by atoms with van der Waals surface area (Å²) in [6, 6.07) is 29.6. The van der Waals surface area contributed by atoms with Crippen LogP contribution < -0.4 is 9.62 Å². The Hall–Kier alpha value is -4.33. The topological polar surface area (TPSA) is 153 Å². The Bertz CT molecular complexity index is 2020. The van der Waals surface area contributed by atoms with Crippen molar-refractivity contribution < 1.29 is 21.6 Å². The van der Waals surface area contributed by atoms with Crippen molar-refractivity contribution in [3.8, 4) is 0 Å². The smallest absolute Gasteiger partial charge is 0.264 e. The Morgan fingerprint density at radius 2 is 1.40 bits per heavy atom. The maximum atomic E-state index is 13.2. The van der Waals surface area contributed by atoms with Crippen LogP contribution >= 0.6 is 11.8 Å². The maximum absolute atomic E-state index is 13.2. The van der Waals surface area contributed by atoms with Crippen molar-refractivity contribution in [3.05, 3.63) is 130 Å². The lowest BCUT2D eigenvalue weighted by Gasteiger charge is -2.38. The summed E-state index contributed by atoms with van der Waals surface area (Å²) in [5, 5.41) is 0. The number of benzene rings is 4. The van der Waals surface area contributed by atoms with Gasteiger partial charge in [-0.15, -0.1) is 11.8 Å². The molecule has 0 aliphatic carbocycles. The first-order valence-electron chi connectivity index (χ1n) is 16.2. The summed E-state index contributed by atoms with van der Waals surface area (Å²) in [7, 11) is -8.20. The third kappa shape index (κ3) is 10.1. The summed E-state index contributed by atoms with van der Waals surface area (Å²) in [5.74, 6) is 0.0870. The fourth-order valence-corrected chi connectivity index (χ4v) is 8.19. The van der Waals surface area contributed by atoms with Gasteiger partial charge < -0.3 is 4.90 Å². The molecule has 1 heterocycles. The van der Waals surface area contributed by atoms with Crippen molar-refractivity contribution in [2.45, 2.75) is 54.5 Å². The second-order valence-corrected chi connectivity index (χ2v) is 17.4. The number of carbonyl (C=O) groups is 1. The molecule has 0 saturated carbocycles. The molecule has 0 radical (unpaired) electrons. The van der Waals surface area contributed by atoms with Gasteiger partial charge in [-0.1, -0.05) is 56.3 Å². The highest BCUT2D eigenvalue weighted by Crippen LogP contribution is 2.32. The van der Waals surface area contributed by atoms with E-state index >= 15 is 0 Å². The predicted octanol–water partition coefficient (Wildman–Crippen LogP) is 7.23. The summed E-state index contributed by atoms with van der Waals surface area (Å²) in [6.07, 6.45) is 2.17. The van der Waals surface area contributed by atoms with E-state index in [1.54, 1.807) is 48.2 Å². The number of nitrogens with zero attached hydrogens (tertiary/aromatic N) is 5. The monoisotopic (exact) mass is 732 g/mol. The van der Waals surface area contributed by atoms with E-state index in [2.05, 4.69) is 37.8 Å². The minimum Gasteiger partial charge on any atom is -0.371 e. The van der Waals surface area contributed by atoms with Gasteiger partial charge in [-0.3, -0.25) is 9.69 Å². The largest absolute Gasteiger partial charge is 0.371 e. The molecule has 1 amide bonds. The van der Waals surface area contributed by atoms with Crippen molar-refractivity contribution in [3.63, 3.8) is 0 Å². The Morgan fingerprint density at radius 1 is 0.840 bits per heavy atom. The molecule has 1 aliphatic heterocycles. The molecule has 50 heavy (non-hydrogen) atoms. The van der Waals surface area contributed by atoms with Crippen molar-refractivity contribution in [1.82, 2.24) is 9.62 Å². The van der Waals surface area contributed by atoms with E-state index in [0.717, 1.165) is 53.4 Å². The zero-order chi connectivity index (χ0) is 35.8. The highest BCUT2D eigenvalue weighted by Gasteiger charge is 2.26. The van der Waals surface area contributed by atoms with E-state index < -0.39 is 26.0 Å². The van der Waals surface area contributed by atoms with E-state index in [0.29, 0.717) is 25.0 Å². The minimum atomic E-state index is -4.12.